The van der Waals surface area contributed by atoms with E-state index >= 15 is 0 Å². The Morgan fingerprint density at radius 3 is 3.00 bits per heavy atom. The van der Waals surface area contributed by atoms with Crippen LogP contribution in [0.15, 0.2) is 24.3 Å². The standard InChI is InChI=1S/C16H19FN2O/c1-10-8-14(18-9-11-4-2-7-15(11)20)12-5-3-6-13(17)16(12)19-10/h3,5-6,8,11,15,20H,2,4,7,9H2,1H3,(H,18,19). The first-order valence-corrected chi connectivity index (χ1v) is 7.13. The van der Waals surface area contributed by atoms with Crippen LogP contribution in [0.5, 0.6) is 0 Å². The molecule has 1 aromatic heterocycles. The van der Waals surface area contributed by atoms with Crippen molar-refractivity contribution in [1.82, 2.24) is 4.98 Å². The monoisotopic (exact) mass is 274 g/mol. The van der Waals surface area contributed by atoms with Crippen LogP contribution in [-0.2, 0) is 0 Å². The third-order valence-electron chi connectivity index (χ3n) is 4.09. The summed E-state index contributed by atoms with van der Waals surface area (Å²) < 4.78 is 13.8. The highest BCUT2D eigenvalue weighted by molar-refractivity contribution is 5.91. The lowest BCUT2D eigenvalue weighted by Gasteiger charge is -2.17. The molecule has 0 bridgehead atoms. The Labute approximate surface area is 117 Å². The first kappa shape index (κ1) is 13.3. The second-order valence-corrected chi connectivity index (χ2v) is 5.59. The SMILES string of the molecule is Cc1cc(NCC2CCCC2O)c2cccc(F)c2n1. The summed E-state index contributed by atoms with van der Waals surface area (Å²) >= 11 is 0. The molecule has 2 atom stereocenters. The lowest BCUT2D eigenvalue weighted by Crippen LogP contribution is -2.22. The van der Waals surface area contributed by atoms with E-state index in [4.69, 9.17) is 0 Å². The second-order valence-electron chi connectivity index (χ2n) is 5.59. The second kappa shape index (κ2) is 5.37. The van der Waals surface area contributed by atoms with Gasteiger partial charge in [0.1, 0.15) is 11.3 Å². The maximum absolute atomic E-state index is 13.8. The molecular formula is C16H19FN2O. The van der Waals surface area contributed by atoms with E-state index in [0.29, 0.717) is 5.52 Å². The highest BCUT2D eigenvalue weighted by atomic mass is 19.1. The van der Waals surface area contributed by atoms with Crippen molar-refractivity contribution in [2.24, 2.45) is 5.92 Å². The molecule has 2 N–H and O–H groups in total. The summed E-state index contributed by atoms with van der Waals surface area (Å²) in [7, 11) is 0. The van der Waals surface area contributed by atoms with E-state index in [2.05, 4.69) is 10.3 Å². The van der Waals surface area contributed by atoms with Crippen LogP contribution in [0.4, 0.5) is 10.1 Å². The largest absolute Gasteiger partial charge is 0.393 e. The summed E-state index contributed by atoms with van der Waals surface area (Å²) in [6, 6.07) is 6.94. The van der Waals surface area contributed by atoms with Gasteiger partial charge in [0.05, 0.1) is 6.10 Å². The van der Waals surface area contributed by atoms with Crippen LogP contribution >= 0.6 is 0 Å². The van der Waals surface area contributed by atoms with Crippen molar-refractivity contribution in [3.05, 3.63) is 35.8 Å². The van der Waals surface area contributed by atoms with Gasteiger partial charge < -0.3 is 10.4 Å². The molecule has 3 nitrogen and oxygen atoms in total. The van der Waals surface area contributed by atoms with Crippen molar-refractivity contribution >= 4 is 16.6 Å². The topological polar surface area (TPSA) is 45.1 Å². The molecule has 1 heterocycles. The molecule has 0 aliphatic heterocycles. The lowest BCUT2D eigenvalue weighted by molar-refractivity contribution is 0.138. The number of anilines is 1. The minimum Gasteiger partial charge on any atom is -0.393 e. The molecule has 2 unspecified atom stereocenters. The zero-order chi connectivity index (χ0) is 14.1. The minimum atomic E-state index is -0.296. The average Bonchev–Trinajstić information content (AvgIpc) is 2.83. The normalized spacial score (nSPS) is 22.4. The van der Waals surface area contributed by atoms with E-state index in [-0.39, 0.29) is 17.8 Å². The Morgan fingerprint density at radius 2 is 2.25 bits per heavy atom. The number of hydrogen-bond acceptors (Lipinski definition) is 3. The maximum Gasteiger partial charge on any atom is 0.149 e. The molecule has 1 saturated carbocycles. The van der Waals surface area contributed by atoms with Gasteiger partial charge in [0.15, 0.2) is 0 Å². The van der Waals surface area contributed by atoms with Crippen LogP contribution in [0.1, 0.15) is 25.0 Å². The number of benzene rings is 1. The Kier molecular flexibility index (Phi) is 3.57. The molecule has 0 radical (unpaired) electrons. The number of rotatable bonds is 3. The van der Waals surface area contributed by atoms with Crippen LogP contribution < -0.4 is 5.32 Å². The van der Waals surface area contributed by atoms with Crippen molar-refractivity contribution in [2.75, 3.05) is 11.9 Å². The number of aromatic nitrogens is 1. The smallest absolute Gasteiger partial charge is 0.149 e. The fourth-order valence-electron chi connectivity index (χ4n) is 2.98. The molecule has 0 saturated heterocycles. The van der Waals surface area contributed by atoms with Gasteiger partial charge in [0.25, 0.3) is 0 Å². The van der Waals surface area contributed by atoms with E-state index in [0.717, 1.165) is 42.6 Å². The third kappa shape index (κ3) is 2.48. The van der Waals surface area contributed by atoms with Crippen LogP contribution in [0.2, 0.25) is 0 Å². The molecule has 1 aromatic carbocycles. The molecule has 1 aliphatic rings. The van der Waals surface area contributed by atoms with E-state index in [9.17, 15) is 9.50 Å². The van der Waals surface area contributed by atoms with E-state index in [1.54, 1.807) is 6.07 Å². The molecule has 2 aromatic rings. The van der Waals surface area contributed by atoms with Crippen molar-refractivity contribution in [2.45, 2.75) is 32.3 Å². The van der Waals surface area contributed by atoms with Crippen molar-refractivity contribution in [3.8, 4) is 0 Å². The van der Waals surface area contributed by atoms with Gasteiger partial charge in [0.2, 0.25) is 0 Å². The van der Waals surface area contributed by atoms with Crippen LogP contribution in [0, 0.1) is 18.7 Å². The molecule has 1 fully saturated rings. The van der Waals surface area contributed by atoms with Crippen molar-refractivity contribution < 1.29 is 9.50 Å². The number of aliphatic hydroxyl groups excluding tert-OH is 1. The number of aliphatic hydroxyl groups is 1. The number of nitrogens with zero attached hydrogens (tertiary/aromatic N) is 1. The molecule has 4 heteroatoms. The molecular weight excluding hydrogens is 255 g/mol. The van der Waals surface area contributed by atoms with E-state index < -0.39 is 0 Å². The lowest BCUT2D eigenvalue weighted by atomic mass is 10.1. The van der Waals surface area contributed by atoms with E-state index in [1.165, 1.54) is 6.07 Å². The van der Waals surface area contributed by atoms with Gasteiger partial charge in [-0.25, -0.2) is 9.37 Å². The molecule has 0 spiro atoms. The average molecular weight is 274 g/mol. The fraction of sp³-hybridized carbons (Fsp3) is 0.438. The minimum absolute atomic E-state index is 0.214. The predicted octanol–water partition coefficient (Wildman–Crippen LogP) is 3.26. The zero-order valence-electron chi connectivity index (χ0n) is 11.6. The number of halogens is 1. The summed E-state index contributed by atoms with van der Waals surface area (Å²) in [6.45, 7) is 2.58. The highest BCUT2D eigenvalue weighted by Crippen LogP contribution is 2.28. The number of aryl methyl sites for hydroxylation is 1. The highest BCUT2D eigenvalue weighted by Gasteiger charge is 2.24. The Hall–Kier alpha value is -1.68. The van der Waals surface area contributed by atoms with Gasteiger partial charge in [-0.15, -0.1) is 0 Å². The van der Waals surface area contributed by atoms with Crippen LogP contribution in [-0.4, -0.2) is 22.7 Å². The number of hydrogen-bond donors (Lipinski definition) is 2. The Morgan fingerprint density at radius 1 is 1.40 bits per heavy atom. The first-order valence-electron chi connectivity index (χ1n) is 7.13. The summed E-state index contributed by atoms with van der Waals surface area (Å²) in [6.07, 6.45) is 2.80. The predicted molar refractivity (Wildman–Crippen MR) is 78.3 cm³/mol. The van der Waals surface area contributed by atoms with Crippen molar-refractivity contribution in [3.63, 3.8) is 0 Å². The van der Waals surface area contributed by atoms with Crippen LogP contribution in [0.3, 0.4) is 0 Å². The quantitative estimate of drug-likeness (QED) is 0.903. The Balaban J connectivity index is 1.89. The summed E-state index contributed by atoms with van der Waals surface area (Å²) in [4.78, 5) is 4.27. The van der Waals surface area contributed by atoms with Gasteiger partial charge in [-0.05, 0) is 31.9 Å². The van der Waals surface area contributed by atoms with Gasteiger partial charge in [-0.1, -0.05) is 18.6 Å². The first-order chi connectivity index (χ1) is 9.65. The number of para-hydroxylation sites is 1. The molecule has 106 valence electrons. The summed E-state index contributed by atoms with van der Waals surface area (Å²) in [5.74, 6) is -0.0118. The molecule has 0 amide bonds. The summed E-state index contributed by atoms with van der Waals surface area (Å²) in [5, 5.41) is 14.0. The number of fused-ring (bicyclic) bond motifs is 1. The molecule has 20 heavy (non-hydrogen) atoms. The van der Waals surface area contributed by atoms with Gasteiger partial charge in [0, 0.05) is 29.2 Å². The van der Waals surface area contributed by atoms with Gasteiger partial charge in [-0.3, -0.25) is 0 Å². The zero-order valence-corrected chi connectivity index (χ0v) is 11.6. The van der Waals surface area contributed by atoms with Crippen molar-refractivity contribution in [1.29, 1.82) is 0 Å². The van der Waals surface area contributed by atoms with E-state index in [1.807, 2.05) is 19.1 Å². The third-order valence-corrected chi connectivity index (χ3v) is 4.09. The van der Waals surface area contributed by atoms with Gasteiger partial charge in [-0.2, -0.15) is 0 Å². The van der Waals surface area contributed by atoms with Gasteiger partial charge >= 0.3 is 0 Å². The molecule has 1 aliphatic carbocycles. The fourth-order valence-corrected chi connectivity index (χ4v) is 2.98. The molecule has 3 rings (SSSR count). The summed E-state index contributed by atoms with van der Waals surface area (Å²) in [5.41, 5.74) is 2.09. The Bertz CT molecular complexity index is 629. The maximum atomic E-state index is 13.8. The number of pyridine rings is 1. The van der Waals surface area contributed by atoms with Crippen LogP contribution in [0.25, 0.3) is 10.9 Å². The number of nitrogens with one attached hydrogen (secondary N) is 1.